The Hall–Kier alpha value is -3.69. The summed E-state index contributed by atoms with van der Waals surface area (Å²) in [6.45, 7) is 7.44. The highest BCUT2D eigenvalue weighted by atomic mass is 32.2. The number of likely N-dealkylation sites (tertiary alicyclic amines) is 1. The zero-order valence-electron chi connectivity index (χ0n) is 25.2. The number of amides is 1. The van der Waals surface area contributed by atoms with Crippen LogP contribution < -0.4 is 19.5 Å². The predicted octanol–water partition coefficient (Wildman–Crippen LogP) is 6.07. The highest BCUT2D eigenvalue weighted by Crippen LogP contribution is 2.47. The Balaban J connectivity index is 1.46. The van der Waals surface area contributed by atoms with Gasteiger partial charge in [-0.2, -0.15) is 11.8 Å². The first-order chi connectivity index (χ1) is 20.8. The molecule has 0 spiro atoms. The third kappa shape index (κ3) is 6.78. The first-order valence-corrected chi connectivity index (χ1v) is 16.2. The number of aliphatic carboxylic acids is 1. The number of hydrogen-bond donors (Lipinski definition) is 2. The van der Waals surface area contributed by atoms with Crippen molar-refractivity contribution in [3.8, 4) is 17.2 Å². The summed E-state index contributed by atoms with van der Waals surface area (Å²) in [6, 6.07) is 16.9. The topological polar surface area (TPSA) is 97.3 Å². The van der Waals surface area contributed by atoms with Gasteiger partial charge in [-0.3, -0.25) is 14.5 Å². The average molecular weight is 605 g/mol. The van der Waals surface area contributed by atoms with Crippen molar-refractivity contribution in [3.63, 3.8) is 0 Å². The minimum absolute atomic E-state index is 0.0572. The number of carbonyl (C=O) groups excluding carboxylic acids is 1. The summed E-state index contributed by atoms with van der Waals surface area (Å²) < 4.78 is 16.9. The van der Waals surface area contributed by atoms with Crippen LogP contribution in [0.4, 0.5) is 5.69 Å². The number of anilines is 1. The Morgan fingerprint density at radius 1 is 1.00 bits per heavy atom. The predicted molar refractivity (Wildman–Crippen MR) is 170 cm³/mol. The lowest BCUT2D eigenvalue weighted by Crippen LogP contribution is -2.35. The van der Waals surface area contributed by atoms with Crippen LogP contribution >= 0.6 is 11.8 Å². The number of rotatable bonds is 12. The molecule has 8 nitrogen and oxygen atoms in total. The van der Waals surface area contributed by atoms with Crippen LogP contribution in [0.15, 0.2) is 54.6 Å². The molecule has 43 heavy (non-hydrogen) atoms. The molecule has 0 aromatic heterocycles. The highest BCUT2D eigenvalue weighted by molar-refractivity contribution is 7.98. The molecule has 1 saturated heterocycles. The van der Waals surface area contributed by atoms with Crippen LogP contribution in [0.2, 0.25) is 0 Å². The van der Waals surface area contributed by atoms with Gasteiger partial charge in [0.2, 0.25) is 12.7 Å². The minimum atomic E-state index is -0.907. The molecule has 3 aromatic rings. The van der Waals surface area contributed by atoms with Crippen LogP contribution in [-0.2, 0) is 22.4 Å². The zero-order valence-corrected chi connectivity index (χ0v) is 26.0. The van der Waals surface area contributed by atoms with Gasteiger partial charge in [-0.1, -0.05) is 49.7 Å². The van der Waals surface area contributed by atoms with E-state index in [4.69, 9.17) is 14.2 Å². The van der Waals surface area contributed by atoms with Gasteiger partial charge in [-0.25, -0.2) is 0 Å². The van der Waals surface area contributed by atoms with E-state index in [0.717, 1.165) is 52.3 Å². The number of nitrogens with zero attached hydrogens (tertiary/aromatic N) is 1. The molecular weight excluding hydrogens is 564 g/mol. The summed E-state index contributed by atoms with van der Waals surface area (Å²) in [5.74, 6) is 0.660. The van der Waals surface area contributed by atoms with Crippen LogP contribution in [0.3, 0.4) is 0 Å². The van der Waals surface area contributed by atoms with Crippen molar-refractivity contribution in [1.29, 1.82) is 0 Å². The molecule has 9 heteroatoms. The molecular formula is C34H40N2O6S. The van der Waals surface area contributed by atoms with Gasteiger partial charge in [0.15, 0.2) is 11.5 Å². The molecule has 0 bridgehead atoms. The van der Waals surface area contributed by atoms with E-state index < -0.39 is 17.9 Å². The zero-order chi connectivity index (χ0) is 30.5. The fraction of sp³-hybridized carbons (Fsp3) is 0.412. The first kappa shape index (κ1) is 30.8. The smallest absolute Gasteiger partial charge is 0.309 e. The molecule has 2 aliphatic rings. The maximum Gasteiger partial charge on any atom is 0.309 e. The van der Waals surface area contributed by atoms with Crippen molar-refractivity contribution in [3.05, 3.63) is 82.4 Å². The summed E-state index contributed by atoms with van der Waals surface area (Å²) >= 11 is 1.71. The Kier molecular flexibility index (Phi) is 9.82. The van der Waals surface area contributed by atoms with Crippen LogP contribution in [0.5, 0.6) is 17.2 Å². The normalized spacial score (nSPS) is 19.4. The summed E-state index contributed by atoms with van der Waals surface area (Å²) in [6.07, 6.45) is 3.63. The van der Waals surface area contributed by atoms with Gasteiger partial charge in [-0.15, -0.1) is 0 Å². The van der Waals surface area contributed by atoms with E-state index in [9.17, 15) is 14.7 Å². The molecule has 5 rings (SSSR count). The van der Waals surface area contributed by atoms with Gasteiger partial charge < -0.3 is 24.6 Å². The summed E-state index contributed by atoms with van der Waals surface area (Å²) in [5, 5.41) is 13.8. The monoisotopic (exact) mass is 604 g/mol. The van der Waals surface area contributed by atoms with Gasteiger partial charge in [-0.05, 0) is 72.5 Å². The van der Waals surface area contributed by atoms with Gasteiger partial charge in [0.1, 0.15) is 5.75 Å². The van der Waals surface area contributed by atoms with Gasteiger partial charge in [0, 0.05) is 29.9 Å². The molecule has 3 atom stereocenters. The van der Waals surface area contributed by atoms with Crippen LogP contribution in [0.25, 0.3) is 0 Å². The van der Waals surface area contributed by atoms with Crippen molar-refractivity contribution in [2.45, 2.75) is 45.6 Å². The fourth-order valence-corrected chi connectivity index (χ4v) is 6.55. The van der Waals surface area contributed by atoms with E-state index in [1.807, 2.05) is 53.6 Å². The number of nitrogens with one attached hydrogen (secondary N) is 1. The lowest BCUT2D eigenvalue weighted by molar-refractivity contribution is -0.143. The van der Waals surface area contributed by atoms with Gasteiger partial charge >= 0.3 is 5.97 Å². The van der Waals surface area contributed by atoms with Crippen molar-refractivity contribution in [2.24, 2.45) is 5.92 Å². The van der Waals surface area contributed by atoms with E-state index in [2.05, 4.69) is 38.2 Å². The lowest BCUT2D eigenvalue weighted by atomic mass is 9.82. The van der Waals surface area contributed by atoms with Crippen molar-refractivity contribution in [1.82, 2.24) is 4.90 Å². The Labute approximate surface area is 257 Å². The molecule has 3 aromatic carbocycles. The largest absolute Gasteiger partial charge is 0.493 e. The standard InChI is InChI=1S/C34H40N2O6S/c1-5-22-15-21(3)16-23(6-2)32(22)35-30(37)19-36-18-27(25-9-12-28-29(17-25)42-20-41-28)31(34(38)39)33(36)24-7-10-26(11-8-24)40-13-14-43-4/h7-12,15-17,27,31,33H,5-6,13-14,18-20H2,1-4H3,(H,35,37)(H,38,39)/t27-,31?,33+/m1/s1. The second-order valence-corrected chi connectivity index (χ2v) is 12.1. The molecule has 0 aliphatic carbocycles. The van der Waals surface area contributed by atoms with Crippen LogP contribution in [-0.4, -0.2) is 60.4 Å². The molecule has 1 unspecified atom stereocenters. The number of carboxylic acid groups (broad SMARTS) is 1. The quantitative estimate of drug-likeness (QED) is 0.241. The highest BCUT2D eigenvalue weighted by Gasteiger charge is 2.48. The Bertz CT molecular complexity index is 1430. The number of carboxylic acids is 1. The van der Waals surface area contributed by atoms with E-state index in [0.29, 0.717) is 24.7 Å². The SMILES string of the molecule is CCc1cc(C)cc(CC)c1NC(=O)CN1C[C@H](c2ccc3c(c2)OCO3)C(C(=O)O)[C@@H]1c1ccc(OCCSC)cc1. The molecule has 2 heterocycles. The number of carbonyl (C=O) groups is 2. The van der Waals surface area contributed by atoms with E-state index >= 15 is 0 Å². The van der Waals surface area contributed by atoms with E-state index in [1.54, 1.807) is 11.8 Å². The van der Waals surface area contributed by atoms with Crippen molar-refractivity contribution < 1.29 is 28.9 Å². The summed E-state index contributed by atoms with van der Waals surface area (Å²) in [5.41, 5.74) is 5.91. The Morgan fingerprint density at radius 3 is 2.33 bits per heavy atom. The van der Waals surface area contributed by atoms with E-state index in [-0.39, 0.29) is 25.2 Å². The number of fused-ring (bicyclic) bond motifs is 1. The van der Waals surface area contributed by atoms with Crippen molar-refractivity contribution >= 4 is 29.3 Å². The van der Waals surface area contributed by atoms with Gasteiger partial charge in [0.25, 0.3) is 0 Å². The second kappa shape index (κ2) is 13.7. The van der Waals surface area contributed by atoms with Crippen molar-refractivity contribution in [2.75, 3.05) is 43.8 Å². The molecule has 1 fully saturated rings. The summed E-state index contributed by atoms with van der Waals surface area (Å²) in [4.78, 5) is 28.6. The third-order valence-corrected chi connectivity index (χ3v) is 8.88. The minimum Gasteiger partial charge on any atom is -0.493 e. The Morgan fingerprint density at radius 2 is 1.67 bits per heavy atom. The fourth-order valence-electron chi connectivity index (χ4n) is 6.30. The number of ether oxygens (including phenoxy) is 3. The molecule has 1 amide bonds. The number of hydrogen-bond acceptors (Lipinski definition) is 7. The van der Waals surface area contributed by atoms with Gasteiger partial charge in [0.05, 0.1) is 19.1 Å². The number of thioether (sulfide) groups is 1. The average Bonchev–Trinajstić information content (AvgIpc) is 3.62. The van der Waals surface area contributed by atoms with Crippen LogP contribution in [0.1, 0.15) is 53.6 Å². The second-order valence-electron chi connectivity index (χ2n) is 11.1. The van der Waals surface area contributed by atoms with Crippen LogP contribution in [0, 0.1) is 12.8 Å². The molecule has 2 N–H and O–H groups in total. The molecule has 2 aliphatic heterocycles. The molecule has 0 radical (unpaired) electrons. The molecule has 228 valence electrons. The number of aryl methyl sites for hydroxylation is 3. The first-order valence-electron chi connectivity index (χ1n) is 14.8. The lowest BCUT2D eigenvalue weighted by Gasteiger charge is -2.27. The number of benzene rings is 3. The van der Waals surface area contributed by atoms with E-state index in [1.165, 1.54) is 5.56 Å². The third-order valence-electron chi connectivity index (χ3n) is 8.30. The molecule has 0 saturated carbocycles. The maximum atomic E-state index is 13.7. The summed E-state index contributed by atoms with van der Waals surface area (Å²) in [7, 11) is 0. The maximum absolute atomic E-state index is 13.7.